The number of carbonyl (C=O) groups is 3. The molecule has 9 heteroatoms. The lowest BCUT2D eigenvalue weighted by Gasteiger charge is -2.09. The van der Waals surface area contributed by atoms with Crippen molar-refractivity contribution < 1.29 is 23.9 Å². The molecule has 0 spiro atoms. The molecule has 0 heterocycles. The number of amides is 2. The molecule has 0 aromatic heterocycles. The molecule has 2 amide bonds. The van der Waals surface area contributed by atoms with Gasteiger partial charge in [0.25, 0.3) is 11.8 Å². The molecule has 1 aromatic rings. The van der Waals surface area contributed by atoms with Crippen molar-refractivity contribution in [2.45, 2.75) is 6.92 Å². The zero-order valence-corrected chi connectivity index (χ0v) is 13.6. The number of esters is 1. The van der Waals surface area contributed by atoms with Crippen molar-refractivity contribution in [1.82, 2.24) is 10.9 Å². The lowest BCUT2D eigenvalue weighted by atomic mass is 10.3. The normalized spacial score (nSPS) is 10.2. The molecule has 1 aromatic carbocycles. The molecular formula is C14H14Cl2N2O5. The Morgan fingerprint density at radius 2 is 1.91 bits per heavy atom. The molecule has 124 valence electrons. The fraction of sp³-hybridized carbons (Fsp3) is 0.214. The van der Waals surface area contributed by atoms with Crippen molar-refractivity contribution in [1.29, 1.82) is 0 Å². The number of hydrazine groups is 1. The number of ether oxygens (including phenoxy) is 2. The van der Waals surface area contributed by atoms with Crippen molar-refractivity contribution in [3.05, 3.63) is 40.4 Å². The van der Waals surface area contributed by atoms with Gasteiger partial charge in [-0.2, -0.15) is 0 Å². The molecule has 23 heavy (non-hydrogen) atoms. The standard InChI is InChI=1S/C14H14Cl2N2O5/c1-2-22-14(21)6-5-12(19)17-18-13(20)8-23-11-4-3-9(15)7-10(11)16/h3-7H,2,8H2,1H3,(H,17,19)(H,18,20)/b6-5-. The predicted molar refractivity (Wildman–Crippen MR) is 84.0 cm³/mol. The van der Waals surface area contributed by atoms with Crippen LogP contribution in [-0.4, -0.2) is 31.0 Å². The zero-order chi connectivity index (χ0) is 17.2. The van der Waals surface area contributed by atoms with Crippen LogP contribution >= 0.6 is 23.2 Å². The summed E-state index contributed by atoms with van der Waals surface area (Å²) in [5.74, 6) is -1.70. The Hall–Kier alpha value is -2.25. The summed E-state index contributed by atoms with van der Waals surface area (Å²) in [4.78, 5) is 33.8. The van der Waals surface area contributed by atoms with Crippen LogP contribution in [0.3, 0.4) is 0 Å². The first-order chi connectivity index (χ1) is 10.9. The molecule has 0 radical (unpaired) electrons. The van der Waals surface area contributed by atoms with Gasteiger partial charge in [0.05, 0.1) is 11.6 Å². The van der Waals surface area contributed by atoms with E-state index in [0.29, 0.717) is 5.02 Å². The van der Waals surface area contributed by atoms with Gasteiger partial charge in [-0.1, -0.05) is 23.2 Å². The predicted octanol–water partition coefficient (Wildman–Crippen LogP) is 1.64. The van der Waals surface area contributed by atoms with Gasteiger partial charge in [-0.15, -0.1) is 0 Å². The summed E-state index contributed by atoms with van der Waals surface area (Å²) in [6.07, 6.45) is 1.87. The van der Waals surface area contributed by atoms with Crippen LogP contribution in [0.4, 0.5) is 0 Å². The molecule has 0 aliphatic heterocycles. The van der Waals surface area contributed by atoms with E-state index in [-0.39, 0.29) is 24.0 Å². The maximum absolute atomic E-state index is 11.5. The molecule has 2 N–H and O–H groups in total. The highest BCUT2D eigenvalue weighted by atomic mass is 35.5. The second-order valence-corrected chi connectivity index (χ2v) is 4.83. The zero-order valence-electron chi connectivity index (χ0n) is 12.1. The fourth-order valence-corrected chi connectivity index (χ4v) is 1.74. The van der Waals surface area contributed by atoms with E-state index in [4.69, 9.17) is 27.9 Å². The molecule has 7 nitrogen and oxygen atoms in total. The van der Waals surface area contributed by atoms with Gasteiger partial charge in [-0.3, -0.25) is 20.4 Å². The number of rotatable bonds is 6. The first-order valence-electron chi connectivity index (χ1n) is 6.44. The second-order valence-electron chi connectivity index (χ2n) is 3.99. The number of halogens is 2. The summed E-state index contributed by atoms with van der Waals surface area (Å²) in [6.45, 7) is 1.47. The van der Waals surface area contributed by atoms with Crippen molar-refractivity contribution in [2.75, 3.05) is 13.2 Å². The van der Waals surface area contributed by atoms with Crippen LogP contribution in [0.25, 0.3) is 0 Å². The van der Waals surface area contributed by atoms with E-state index < -0.39 is 17.8 Å². The first kappa shape index (κ1) is 18.8. The molecule has 0 saturated heterocycles. The van der Waals surface area contributed by atoms with Gasteiger partial charge in [0.1, 0.15) is 5.75 Å². The number of nitrogens with one attached hydrogen (secondary N) is 2. The smallest absolute Gasteiger partial charge is 0.330 e. The molecule has 0 aliphatic carbocycles. The van der Waals surface area contributed by atoms with E-state index >= 15 is 0 Å². The molecule has 0 aliphatic rings. The van der Waals surface area contributed by atoms with E-state index in [1.54, 1.807) is 13.0 Å². The Morgan fingerprint density at radius 1 is 1.17 bits per heavy atom. The largest absolute Gasteiger partial charge is 0.482 e. The average molecular weight is 361 g/mol. The Morgan fingerprint density at radius 3 is 2.57 bits per heavy atom. The summed E-state index contributed by atoms with van der Waals surface area (Å²) in [6, 6.07) is 4.54. The highest BCUT2D eigenvalue weighted by Gasteiger charge is 2.07. The second kappa shape index (κ2) is 9.70. The summed E-state index contributed by atoms with van der Waals surface area (Å²) in [5.41, 5.74) is 4.18. The topological polar surface area (TPSA) is 93.7 Å². The quantitative estimate of drug-likeness (QED) is 0.456. The summed E-state index contributed by atoms with van der Waals surface area (Å²) in [7, 11) is 0. The molecule has 0 atom stereocenters. The van der Waals surface area contributed by atoms with Crippen molar-refractivity contribution in [3.8, 4) is 5.75 Å². The van der Waals surface area contributed by atoms with Crippen LogP contribution in [0.5, 0.6) is 5.75 Å². The Labute approximate surface area is 142 Å². The van der Waals surface area contributed by atoms with Crippen molar-refractivity contribution in [2.24, 2.45) is 0 Å². The minimum atomic E-state index is -0.698. The highest BCUT2D eigenvalue weighted by molar-refractivity contribution is 6.35. The number of carbonyl (C=O) groups excluding carboxylic acids is 3. The van der Waals surface area contributed by atoms with E-state index in [1.807, 2.05) is 0 Å². The maximum Gasteiger partial charge on any atom is 0.330 e. The average Bonchev–Trinajstić information content (AvgIpc) is 2.50. The minimum Gasteiger partial charge on any atom is -0.482 e. The summed E-state index contributed by atoms with van der Waals surface area (Å²) in [5, 5.41) is 0.694. The minimum absolute atomic E-state index is 0.201. The number of benzene rings is 1. The third-order valence-corrected chi connectivity index (χ3v) is 2.77. The van der Waals surface area contributed by atoms with E-state index in [1.165, 1.54) is 12.1 Å². The molecule has 1 rings (SSSR count). The molecule has 0 unspecified atom stereocenters. The lowest BCUT2D eigenvalue weighted by molar-refractivity contribution is -0.137. The third kappa shape index (κ3) is 7.53. The van der Waals surface area contributed by atoms with Gasteiger partial charge in [0, 0.05) is 17.2 Å². The van der Waals surface area contributed by atoms with Crippen LogP contribution in [0.15, 0.2) is 30.4 Å². The van der Waals surface area contributed by atoms with E-state index in [2.05, 4.69) is 15.6 Å². The monoisotopic (exact) mass is 360 g/mol. The van der Waals surface area contributed by atoms with Gasteiger partial charge in [0.15, 0.2) is 6.61 Å². The van der Waals surface area contributed by atoms with Crippen molar-refractivity contribution >= 4 is 41.0 Å². The van der Waals surface area contributed by atoms with Crippen molar-refractivity contribution in [3.63, 3.8) is 0 Å². The first-order valence-corrected chi connectivity index (χ1v) is 7.19. The van der Waals surface area contributed by atoms with Crippen LogP contribution in [0.2, 0.25) is 10.0 Å². The maximum atomic E-state index is 11.5. The molecular weight excluding hydrogens is 347 g/mol. The Bertz CT molecular complexity index is 619. The number of hydrogen-bond acceptors (Lipinski definition) is 5. The van der Waals surface area contributed by atoms with E-state index in [0.717, 1.165) is 12.2 Å². The Kier molecular flexibility index (Phi) is 7.93. The summed E-state index contributed by atoms with van der Waals surface area (Å²) < 4.78 is 9.76. The lowest BCUT2D eigenvalue weighted by Crippen LogP contribution is -2.43. The van der Waals surface area contributed by atoms with Gasteiger partial charge in [-0.25, -0.2) is 4.79 Å². The summed E-state index contributed by atoms with van der Waals surface area (Å²) >= 11 is 11.6. The SMILES string of the molecule is CCOC(=O)/C=C\C(=O)NNC(=O)COc1ccc(Cl)cc1Cl. The van der Waals surface area contributed by atoms with Gasteiger partial charge >= 0.3 is 5.97 Å². The molecule has 0 fully saturated rings. The Balaban J connectivity index is 2.34. The molecule has 0 saturated carbocycles. The van der Waals surface area contributed by atoms with Gasteiger partial charge < -0.3 is 9.47 Å². The van der Waals surface area contributed by atoms with Crippen LogP contribution in [0.1, 0.15) is 6.92 Å². The number of hydrogen-bond donors (Lipinski definition) is 2. The van der Waals surface area contributed by atoms with Gasteiger partial charge in [-0.05, 0) is 25.1 Å². The van der Waals surface area contributed by atoms with E-state index in [9.17, 15) is 14.4 Å². The molecule has 0 bridgehead atoms. The third-order valence-electron chi connectivity index (χ3n) is 2.24. The van der Waals surface area contributed by atoms with Gasteiger partial charge in [0.2, 0.25) is 0 Å². The highest BCUT2D eigenvalue weighted by Crippen LogP contribution is 2.27. The van der Waals surface area contributed by atoms with Crippen LogP contribution in [0, 0.1) is 0 Å². The van der Waals surface area contributed by atoms with Crippen LogP contribution in [-0.2, 0) is 19.1 Å². The fourth-order valence-electron chi connectivity index (χ4n) is 1.28. The van der Waals surface area contributed by atoms with Crippen LogP contribution < -0.4 is 15.6 Å².